The second-order valence-corrected chi connectivity index (χ2v) is 3.93. The second kappa shape index (κ2) is 5.37. The Hall–Kier alpha value is -2.27. The van der Waals surface area contributed by atoms with Crippen molar-refractivity contribution in [3.63, 3.8) is 0 Å². The molecule has 18 heavy (non-hydrogen) atoms. The predicted molar refractivity (Wildman–Crippen MR) is 74.4 cm³/mol. The molecule has 0 aliphatic heterocycles. The van der Waals surface area contributed by atoms with Crippen molar-refractivity contribution in [1.29, 1.82) is 0 Å². The zero-order chi connectivity index (χ0) is 13.0. The third-order valence-corrected chi connectivity index (χ3v) is 2.77. The molecule has 0 amide bonds. The van der Waals surface area contributed by atoms with Gasteiger partial charge < -0.3 is 16.6 Å². The molecular formula is C13H16N4O. The lowest BCUT2D eigenvalue weighted by molar-refractivity contribution is 0.469. The molecule has 2 aromatic rings. The summed E-state index contributed by atoms with van der Waals surface area (Å²) in [6.07, 6.45) is 1.24. The number of phenols is 1. The Bertz CT molecular complexity index is 580. The van der Waals surface area contributed by atoms with E-state index in [0.29, 0.717) is 18.9 Å². The SMILES string of the molecule is N/C=N\CNCc1c(O)c(N)cc2ccccc12. The van der Waals surface area contributed by atoms with Gasteiger partial charge in [-0.1, -0.05) is 24.3 Å². The number of phenolic OH excluding ortho intramolecular Hbond substituents is 1. The number of hydrogen-bond acceptors (Lipinski definition) is 4. The minimum atomic E-state index is 0.123. The van der Waals surface area contributed by atoms with Crippen molar-refractivity contribution in [2.45, 2.75) is 6.54 Å². The Morgan fingerprint density at radius 3 is 2.89 bits per heavy atom. The fourth-order valence-corrected chi connectivity index (χ4v) is 1.91. The maximum atomic E-state index is 10.0. The molecule has 0 bridgehead atoms. The summed E-state index contributed by atoms with van der Waals surface area (Å²) in [4.78, 5) is 3.85. The molecule has 5 heteroatoms. The highest BCUT2D eigenvalue weighted by Crippen LogP contribution is 2.32. The summed E-state index contributed by atoms with van der Waals surface area (Å²) < 4.78 is 0. The van der Waals surface area contributed by atoms with Gasteiger partial charge in [-0.05, 0) is 16.8 Å². The molecule has 2 rings (SSSR count). The third kappa shape index (κ3) is 2.36. The summed E-state index contributed by atoms with van der Waals surface area (Å²) in [5.41, 5.74) is 12.1. The minimum absolute atomic E-state index is 0.123. The van der Waals surface area contributed by atoms with E-state index in [4.69, 9.17) is 11.5 Å². The standard InChI is InChI=1S/C13H16N4O/c14-7-17-8-16-6-11-10-4-2-1-3-9(10)5-12(15)13(11)18/h1-5,7,16,18H,6,8,15H2,(H2,14,17). The number of aromatic hydroxyl groups is 1. The zero-order valence-corrected chi connectivity index (χ0v) is 9.93. The van der Waals surface area contributed by atoms with Gasteiger partial charge in [0.25, 0.3) is 0 Å². The fraction of sp³-hybridized carbons (Fsp3) is 0.154. The van der Waals surface area contributed by atoms with Crippen molar-refractivity contribution in [2.75, 3.05) is 12.4 Å². The summed E-state index contributed by atoms with van der Waals surface area (Å²) in [5, 5.41) is 15.1. The van der Waals surface area contributed by atoms with Crippen LogP contribution in [0.3, 0.4) is 0 Å². The molecule has 0 fully saturated rings. The molecule has 0 aromatic heterocycles. The Labute approximate surface area is 105 Å². The fourth-order valence-electron chi connectivity index (χ4n) is 1.91. The molecule has 0 unspecified atom stereocenters. The first-order chi connectivity index (χ1) is 8.74. The summed E-state index contributed by atoms with van der Waals surface area (Å²) >= 11 is 0. The van der Waals surface area contributed by atoms with Gasteiger partial charge in [0.05, 0.1) is 18.7 Å². The first-order valence-corrected chi connectivity index (χ1v) is 5.64. The molecule has 0 atom stereocenters. The molecular weight excluding hydrogens is 228 g/mol. The van der Waals surface area contributed by atoms with Gasteiger partial charge in [0.2, 0.25) is 0 Å². The van der Waals surface area contributed by atoms with E-state index < -0.39 is 0 Å². The first-order valence-electron chi connectivity index (χ1n) is 5.64. The van der Waals surface area contributed by atoms with Crippen LogP contribution in [0.1, 0.15) is 5.56 Å². The number of anilines is 1. The van der Waals surface area contributed by atoms with Crippen LogP contribution in [0.25, 0.3) is 10.8 Å². The van der Waals surface area contributed by atoms with Crippen LogP contribution in [0, 0.1) is 0 Å². The van der Waals surface area contributed by atoms with Crippen LogP contribution in [0.2, 0.25) is 0 Å². The third-order valence-electron chi connectivity index (χ3n) is 2.77. The normalized spacial score (nSPS) is 11.3. The van der Waals surface area contributed by atoms with E-state index in [0.717, 1.165) is 16.3 Å². The van der Waals surface area contributed by atoms with E-state index in [1.54, 1.807) is 6.07 Å². The number of nitrogens with zero attached hydrogens (tertiary/aromatic N) is 1. The second-order valence-electron chi connectivity index (χ2n) is 3.93. The summed E-state index contributed by atoms with van der Waals surface area (Å²) in [7, 11) is 0. The van der Waals surface area contributed by atoms with Crippen molar-refractivity contribution >= 4 is 22.8 Å². The number of benzene rings is 2. The Morgan fingerprint density at radius 1 is 1.33 bits per heavy atom. The Balaban J connectivity index is 2.37. The summed E-state index contributed by atoms with van der Waals surface area (Å²) in [5.74, 6) is 0.123. The minimum Gasteiger partial charge on any atom is -0.505 e. The van der Waals surface area contributed by atoms with Crippen LogP contribution in [-0.4, -0.2) is 18.1 Å². The smallest absolute Gasteiger partial charge is 0.143 e. The van der Waals surface area contributed by atoms with Crippen molar-refractivity contribution in [2.24, 2.45) is 10.7 Å². The van der Waals surface area contributed by atoms with E-state index in [9.17, 15) is 5.11 Å². The van der Waals surface area contributed by atoms with Crippen LogP contribution < -0.4 is 16.8 Å². The van der Waals surface area contributed by atoms with Crippen molar-refractivity contribution in [1.82, 2.24) is 5.32 Å². The van der Waals surface area contributed by atoms with Gasteiger partial charge in [-0.25, -0.2) is 0 Å². The summed E-state index contributed by atoms with van der Waals surface area (Å²) in [6, 6.07) is 9.56. The van der Waals surface area contributed by atoms with Gasteiger partial charge in [-0.15, -0.1) is 0 Å². The van der Waals surface area contributed by atoms with Gasteiger partial charge in [0, 0.05) is 12.1 Å². The van der Waals surface area contributed by atoms with E-state index >= 15 is 0 Å². The highest BCUT2D eigenvalue weighted by atomic mass is 16.3. The van der Waals surface area contributed by atoms with E-state index in [-0.39, 0.29) is 5.75 Å². The molecule has 94 valence electrons. The maximum Gasteiger partial charge on any atom is 0.143 e. The number of nitrogen functional groups attached to an aromatic ring is 1. The van der Waals surface area contributed by atoms with Crippen LogP contribution >= 0.6 is 0 Å². The van der Waals surface area contributed by atoms with Crippen LogP contribution in [0.15, 0.2) is 35.3 Å². The molecule has 0 heterocycles. The van der Waals surface area contributed by atoms with E-state index in [2.05, 4.69) is 10.3 Å². The number of fused-ring (bicyclic) bond motifs is 1. The average molecular weight is 244 g/mol. The number of nitrogens with one attached hydrogen (secondary N) is 1. The average Bonchev–Trinajstić information content (AvgIpc) is 2.38. The quantitative estimate of drug-likeness (QED) is 0.213. The number of aliphatic imine (C=N–C) groups is 1. The van der Waals surface area contributed by atoms with Crippen LogP contribution in [-0.2, 0) is 6.54 Å². The highest BCUT2D eigenvalue weighted by molar-refractivity contribution is 5.91. The molecule has 0 aliphatic rings. The van der Waals surface area contributed by atoms with Gasteiger partial charge in [0.15, 0.2) is 0 Å². The molecule has 5 nitrogen and oxygen atoms in total. The number of rotatable bonds is 4. The van der Waals surface area contributed by atoms with Gasteiger partial charge >= 0.3 is 0 Å². The Morgan fingerprint density at radius 2 is 2.11 bits per heavy atom. The van der Waals surface area contributed by atoms with E-state index in [1.807, 2.05) is 24.3 Å². The largest absolute Gasteiger partial charge is 0.505 e. The molecule has 0 saturated heterocycles. The topological polar surface area (TPSA) is 96.7 Å². The van der Waals surface area contributed by atoms with Crippen molar-refractivity contribution < 1.29 is 5.11 Å². The lowest BCUT2D eigenvalue weighted by Crippen LogP contribution is -2.14. The van der Waals surface area contributed by atoms with Gasteiger partial charge in [0.1, 0.15) is 5.75 Å². The molecule has 0 radical (unpaired) electrons. The first kappa shape index (κ1) is 12.2. The lowest BCUT2D eigenvalue weighted by atomic mass is 10.0. The number of nitrogens with two attached hydrogens (primary N) is 2. The Kier molecular flexibility index (Phi) is 3.64. The molecule has 0 aliphatic carbocycles. The number of hydrogen-bond donors (Lipinski definition) is 4. The van der Waals surface area contributed by atoms with Gasteiger partial charge in [-0.3, -0.25) is 10.3 Å². The van der Waals surface area contributed by atoms with Crippen LogP contribution in [0.5, 0.6) is 5.75 Å². The maximum absolute atomic E-state index is 10.0. The monoisotopic (exact) mass is 244 g/mol. The molecule has 0 saturated carbocycles. The van der Waals surface area contributed by atoms with Gasteiger partial charge in [-0.2, -0.15) is 0 Å². The van der Waals surface area contributed by atoms with Crippen molar-refractivity contribution in [3.8, 4) is 5.75 Å². The zero-order valence-electron chi connectivity index (χ0n) is 9.93. The lowest BCUT2D eigenvalue weighted by Gasteiger charge is -2.11. The van der Waals surface area contributed by atoms with E-state index in [1.165, 1.54) is 6.34 Å². The molecule has 0 spiro atoms. The predicted octanol–water partition coefficient (Wildman–Crippen LogP) is 1.16. The molecule has 2 aromatic carbocycles. The van der Waals surface area contributed by atoms with Crippen LogP contribution in [0.4, 0.5) is 5.69 Å². The summed E-state index contributed by atoms with van der Waals surface area (Å²) in [6.45, 7) is 0.883. The highest BCUT2D eigenvalue weighted by Gasteiger charge is 2.09. The molecule has 6 N–H and O–H groups in total. The van der Waals surface area contributed by atoms with Crippen molar-refractivity contribution in [3.05, 3.63) is 35.9 Å².